The third-order valence-electron chi connectivity index (χ3n) is 13.3. The number of likely N-dealkylation sites (tertiary alicyclic amines) is 2. The minimum absolute atomic E-state index is 0.112. The normalized spacial score (nSPS) is 19.8. The van der Waals surface area contributed by atoms with Gasteiger partial charge in [-0.2, -0.15) is 10.2 Å². The van der Waals surface area contributed by atoms with E-state index in [2.05, 4.69) is 21.0 Å². The standard InChI is InChI=1S/C27H26N4O4.C20H19BrN2O4.C8H12N2O2S/c1-19-12-14-21(15-13-19)28-29-27-16-17-30(25(32)34-2)24(27)31(23-11-7-6-10-22(23)27)26(33)35-18-20-8-4-3-5-9-20;1-26-18(24)22-12-11-20(21)15-9-5-6-10-16(15)23(17(20)22)19(25)27-13-14-7-3-2-4-8-14;1-7-3-5-8(6-4-7)10(9)13(2,11)12/h3-15,24H,16-18H2,1-2H3;2-10,17H,11-13H2,1H3;3-6H,9H2,1-2H3/t24?,27-;17?,20-;/m00./s1. The first-order valence-electron chi connectivity index (χ1n) is 23.9. The van der Waals surface area contributed by atoms with Gasteiger partial charge in [0.1, 0.15) is 31.1 Å². The van der Waals surface area contributed by atoms with Crippen molar-refractivity contribution in [1.82, 2.24) is 9.80 Å². The van der Waals surface area contributed by atoms with Crippen LogP contribution in [0.4, 0.5) is 41.9 Å². The number of nitrogens with zero attached hydrogens (tertiary/aromatic N) is 7. The number of sulfonamides is 1. The molecule has 10 rings (SSSR count). The number of halogens is 1. The Morgan fingerprint density at radius 3 is 1.57 bits per heavy atom. The Morgan fingerprint density at radius 2 is 1.05 bits per heavy atom. The molecule has 2 fully saturated rings. The van der Waals surface area contributed by atoms with Gasteiger partial charge in [-0.1, -0.05) is 148 Å². The molecular formula is C55H57BrN8O10S. The number of para-hydroxylation sites is 2. The summed E-state index contributed by atoms with van der Waals surface area (Å²) < 4.78 is 43.5. The summed E-state index contributed by atoms with van der Waals surface area (Å²) in [6, 6.07) is 48.8. The molecule has 2 saturated heterocycles. The minimum atomic E-state index is -3.36. The lowest BCUT2D eigenvalue weighted by molar-refractivity contribution is 0.104. The third kappa shape index (κ3) is 11.2. The highest BCUT2D eigenvalue weighted by Gasteiger charge is 2.62. The summed E-state index contributed by atoms with van der Waals surface area (Å²) in [4.78, 5) is 57.7. The third-order valence-corrected chi connectivity index (χ3v) is 15.4. The molecule has 2 N–H and O–H groups in total. The Labute approximate surface area is 444 Å². The van der Waals surface area contributed by atoms with Gasteiger partial charge in [0.15, 0.2) is 0 Å². The van der Waals surface area contributed by atoms with Crippen LogP contribution in [0.25, 0.3) is 0 Å². The van der Waals surface area contributed by atoms with Gasteiger partial charge in [0, 0.05) is 25.1 Å². The monoisotopic (exact) mass is 1100 g/mol. The number of hydrogen-bond acceptors (Lipinski definition) is 13. The smallest absolute Gasteiger partial charge is 0.416 e. The number of anilines is 3. The number of benzene rings is 6. The van der Waals surface area contributed by atoms with Crippen LogP contribution in [0.3, 0.4) is 0 Å². The maximum atomic E-state index is 13.5. The van der Waals surface area contributed by atoms with Gasteiger partial charge in [0.25, 0.3) is 0 Å². The number of ether oxygens (including phenoxy) is 4. The molecule has 0 bridgehead atoms. The summed E-state index contributed by atoms with van der Waals surface area (Å²) in [5.41, 5.74) is 7.36. The highest BCUT2D eigenvalue weighted by atomic mass is 79.9. The number of hydrogen-bond donors (Lipinski definition) is 1. The van der Waals surface area contributed by atoms with Crippen molar-refractivity contribution in [1.29, 1.82) is 0 Å². The zero-order chi connectivity index (χ0) is 53.5. The molecule has 2 unspecified atom stereocenters. The number of rotatable bonds is 8. The van der Waals surface area contributed by atoms with E-state index in [1.54, 1.807) is 34.1 Å². The van der Waals surface area contributed by atoms with Crippen LogP contribution in [0.2, 0.25) is 0 Å². The van der Waals surface area contributed by atoms with Crippen molar-refractivity contribution in [3.63, 3.8) is 0 Å². The number of alkyl halides is 1. The average Bonchev–Trinajstić information content (AvgIpc) is 4.20. The largest absolute Gasteiger partial charge is 0.453 e. The first kappa shape index (κ1) is 53.5. The van der Waals surface area contributed by atoms with Crippen LogP contribution < -0.4 is 20.1 Å². The summed E-state index contributed by atoms with van der Waals surface area (Å²) in [5, 5.41) is 9.34. The number of methoxy groups -OCH3 is 2. The van der Waals surface area contributed by atoms with Crippen LogP contribution in [0.5, 0.6) is 0 Å². The molecule has 75 heavy (non-hydrogen) atoms. The molecule has 0 aromatic heterocycles. The first-order chi connectivity index (χ1) is 36.0. The maximum absolute atomic E-state index is 13.5. The summed E-state index contributed by atoms with van der Waals surface area (Å²) in [5.74, 6) is 5.37. The highest BCUT2D eigenvalue weighted by molar-refractivity contribution is 9.09. The van der Waals surface area contributed by atoms with Gasteiger partial charge in [0.2, 0.25) is 10.0 Å². The van der Waals surface area contributed by atoms with Gasteiger partial charge < -0.3 is 18.9 Å². The van der Waals surface area contributed by atoms with Crippen molar-refractivity contribution < 1.29 is 46.5 Å². The zero-order valence-corrected chi connectivity index (χ0v) is 44.4. The van der Waals surface area contributed by atoms with E-state index in [0.29, 0.717) is 43.0 Å². The molecule has 4 atom stereocenters. The van der Waals surface area contributed by atoms with E-state index in [1.165, 1.54) is 24.0 Å². The van der Waals surface area contributed by atoms with Gasteiger partial charge in [0.05, 0.1) is 47.5 Å². The number of fused-ring (bicyclic) bond motifs is 6. The minimum Gasteiger partial charge on any atom is -0.453 e. The van der Waals surface area contributed by atoms with E-state index in [-0.39, 0.29) is 13.2 Å². The SMILES string of the molecule is COC(=O)N1CC[C@]2(Br)c3ccccc3N(C(=O)OCc3ccccc3)C12.COC(=O)N1CC[C@]2(N=Nc3ccc(C)cc3)c3ccccc3N(C(=O)OCc3ccccc3)C12.Cc1ccc(N(N)S(C)(=O)=O)cc1. The van der Waals surface area contributed by atoms with E-state index < -0.39 is 56.6 Å². The van der Waals surface area contributed by atoms with Crippen molar-refractivity contribution in [2.45, 2.75) is 62.1 Å². The van der Waals surface area contributed by atoms with Crippen molar-refractivity contribution in [3.05, 3.63) is 191 Å². The molecule has 4 aliphatic rings. The van der Waals surface area contributed by atoms with E-state index >= 15 is 0 Å². The van der Waals surface area contributed by atoms with Crippen LogP contribution in [0.15, 0.2) is 168 Å². The topological polar surface area (TPSA) is 206 Å². The lowest BCUT2D eigenvalue weighted by atomic mass is 9.90. The second-order valence-electron chi connectivity index (χ2n) is 18.1. The molecule has 0 saturated carbocycles. The number of azo groups is 1. The Morgan fingerprint density at radius 1 is 0.613 bits per heavy atom. The van der Waals surface area contributed by atoms with Crippen LogP contribution >= 0.6 is 15.9 Å². The second-order valence-corrected chi connectivity index (χ2v) is 21.4. The summed E-state index contributed by atoms with van der Waals surface area (Å²) in [6.45, 7) is 5.05. The summed E-state index contributed by atoms with van der Waals surface area (Å²) >= 11 is 3.82. The van der Waals surface area contributed by atoms with Crippen LogP contribution in [-0.2, 0) is 52.0 Å². The summed E-state index contributed by atoms with van der Waals surface area (Å²) in [7, 11) is -0.684. The van der Waals surface area contributed by atoms with Crippen LogP contribution in [0.1, 0.15) is 46.2 Å². The van der Waals surface area contributed by atoms with Crippen molar-refractivity contribution in [2.24, 2.45) is 16.1 Å². The molecule has 4 amide bonds. The van der Waals surface area contributed by atoms with Gasteiger partial charge in [-0.25, -0.2) is 37.9 Å². The van der Waals surface area contributed by atoms with E-state index in [9.17, 15) is 27.6 Å². The number of aryl methyl sites for hydroxylation is 2. The number of carbonyl (C=O) groups excluding carboxylic acids is 4. The number of hydrazine groups is 1. The Hall–Kier alpha value is -7.81. The molecule has 20 heteroatoms. The highest BCUT2D eigenvalue weighted by Crippen LogP contribution is 2.57. The van der Waals surface area contributed by atoms with Gasteiger partial charge in [-0.05, 0) is 73.4 Å². The number of nitrogens with two attached hydrogens (primary N) is 1. The molecule has 6 aromatic carbocycles. The van der Waals surface area contributed by atoms with Crippen molar-refractivity contribution in [2.75, 3.05) is 47.8 Å². The molecule has 18 nitrogen and oxygen atoms in total. The number of carbonyl (C=O) groups is 4. The van der Waals surface area contributed by atoms with Crippen LogP contribution in [-0.4, -0.2) is 88.5 Å². The first-order valence-corrected chi connectivity index (χ1v) is 26.5. The fraction of sp³-hybridized carbons (Fsp3) is 0.273. The zero-order valence-electron chi connectivity index (χ0n) is 42.0. The molecule has 4 heterocycles. The molecule has 6 aromatic rings. The predicted octanol–water partition coefficient (Wildman–Crippen LogP) is 10.8. The molecule has 0 radical (unpaired) electrons. The van der Waals surface area contributed by atoms with E-state index in [1.807, 2.05) is 147 Å². The number of amides is 4. The van der Waals surface area contributed by atoms with E-state index in [0.717, 1.165) is 49.7 Å². The molecule has 390 valence electrons. The molecule has 4 aliphatic heterocycles. The lowest BCUT2D eigenvalue weighted by Gasteiger charge is -2.33. The Balaban J connectivity index is 0.000000165. The Kier molecular flexibility index (Phi) is 16.2. The van der Waals surface area contributed by atoms with E-state index in [4.69, 9.17) is 29.9 Å². The van der Waals surface area contributed by atoms with Gasteiger partial charge in [-0.3, -0.25) is 19.6 Å². The van der Waals surface area contributed by atoms with Gasteiger partial charge >= 0.3 is 24.4 Å². The fourth-order valence-electron chi connectivity index (χ4n) is 9.56. The predicted molar refractivity (Wildman–Crippen MR) is 287 cm³/mol. The Bertz CT molecular complexity index is 3160. The molecular weight excluding hydrogens is 1040 g/mol. The van der Waals surface area contributed by atoms with Crippen molar-refractivity contribution in [3.8, 4) is 0 Å². The van der Waals surface area contributed by atoms with Crippen LogP contribution in [0, 0.1) is 13.8 Å². The lowest BCUT2D eigenvalue weighted by Crippen LogP contribution is -2.53. The maximum Gasteiger partial charge on any atom is 0.416 e. The second kappa shape index (κ2) is 22.8. The summed E-state index contributed by atoms with van der Waals surface area (Å²) in [6.07, 6.45) is -1.12. The molecule has 0 spiro atoms. The average molecular weight is 1100 g/mol. The fourth-order valence-corrected chi connectivity index (χ4v) is 11.0. The molecule has 0 aliphatic carbocycles. The quantitative estimate of drug-likeness (QED) is 0.0499. The van der Waals surface area contributed by atoms with Crippen molar-refractivity contribution >= 4 is 73.1 Å². The van der Waals surface area contributed by atoms with Gasteiger partial charge in [-0.15, -0.1) is 0 Å².